The average molecular weight is 420 g/mol. The summed E-state index contributed by atoms with van der Waals surface area (Å²) in [6, 6.07) is 21.6. The molecule has 4 rings (SSSR count). The molecule has 150 valence electrons. The molecular formula is C24H18ClNO4. The van der Waals surface area contributed by atoms with Gasteiger partial charge in [-0.1, -0.05) is 54.1 Å². The summed E-state index contributed by atoms with van der Waals surface area (Å²) < 4.78 is 5.22. The lowest BCUT2D eigenvalue weighted by atomic mass is 9.95. The van der Waals surface area contributed by atoms with E-state index in [9.17, 15) is 14.7 Å². The minimum atomic E-state index is -0.794. The van der Waals surface area contributed by atoms with E-state index >= 15 is 0 Å². The summed E-state index contributed by atoms with van der Waals surface area (Å²) in [6.45, 7) is 0. The average Bonchev–Trinajstić information content (AvgIpc) is 3.05. The molecule has 1 amide bonds. The van der Waals surface area contributed by atoms with Crippen molar-refractivity contribution < 1.29 is 19.4 Å². The van der Waals surface area contributed by atoms with Crippen LogP contribution in [0.1, 0.15) is 17.2 Å². The number of nitrogens with zero attached hydrogens (tertiary/aromatic N) is 1. The van der Waals surface area contributed by atoms with Crippen molar-refractivity contribution in [1.29, 1.82) is 0 Å². The Hall–Kier alpha value is -3.57. The van der Waals surface area contributed by atoms with Crippen molar-refractivity contribution in [2.24, 2.45) is 0 Å². The van der Waals surface area contributed by atoms with Gasteiger partial charge in [-0.3, -0.25) is 14.5 Å². The number of benzene rings is 3. The summed E-state index contributed by atoms with van der Waals surface area (Å²) in [5.74, 6) is -1.03. The second-order valence-corrected chi connectivity index (χ2v) is 7.22. The first-order valence-electron chi connectivity index (χ1n) is 9.27. The normalized spacial score (nSPS) is 17.9. The van der Waals surface area contributed by atoms with Gasteiger partial charge < -0.3 is 9.84 Å². The zero-order valence-electron chi connectivity index (χ0n) is 16.1. The fraction of sp³-hybridized carbons (Fsp3) is 0.0833. The molecule has 1 fully saturated rings. The third-order valence-corrected chi connectivity index (χ3v) is 5.28. The molecule has 3 aromatic carbocycles. The molecule has 5 nitrogen and oxygen atoms in total. The SMILES string of the molecule is COc1ccc(C2C(=C(O)c3ccccc3)C(=O)C(=O)N2c2ccc(Cl)cc2)cc1. The Kier molecular flexibility index (Phi) is 5.29. The van der Waals surface area contributed by atoms with Gasteiger partial charge in [-0.2, -0.15) is 0 Å². The number of hydrogen-bond donors (Lipinski definition) is 1. The van der Waals surface area contributed by atoms with E-state index in [-0.39, 0.29) is 11.3 Å². The molecule has 0 radical (unpaired) electrons. The predicted octanol–water partition coefficient (Wildman–Crippen LogP) is 4.97. The Morgan fingerprint density at radius 3 is 2.17 bits per heavy atom. The van der Waals surface area contributed by atoms with E-state index in [1.807, 2.05) is 6.07 Å². The van der Waals surface area contributed by atoms with Gasteiger partial charge >= 0.3 is 0 Å². The molecule has 1 unspecified atom stereocenters. The molecule has 0 spiro atoms. The maximum absolute atomic E-state index is 13.0. The van der Waals surface area contributed by atoms with Crippen LogP contribution in [0.25, 0.3) is 5.76 Å². The molecule has 1 atom stereocenters. The number of aliphatic hydroxyl groups is 1. The Balaban J connectivity index is 1.92. The lowest BCUT2D eigenvalue weighted by Gasteiger charge is -2.25. The van der Waals surface area contributed by atoms with Crippen LogP contribution in [0.15, 0.2) is 84.4 Å². The molecule has 3 aromatic rings. The molecule has 1 heterocycles. The van der Waals surface area contributed by atoms with Crippen molar-refractivity contribution in [2.45, 2.75) is 6.04 Å². The smallest absolute Gasteiger partial charge is 0.300 e. The number of carbonyl (C=O) groups is 2. The number of Topliss-reactive ketones (excluding diaryl/α,β-unsaturated/α-hetero) is 1. The molecule has 0 aliphatic carbocycles. The first-order chi connectivity index (χ1) is 14.5. The number of halogens is 1. The minimum Gasteiger partial charge on any atom is -0.507 e. The van der Waals surface area contributed by atoms with Gasteiger partial charge in [0.05, 0.1) is 18.7 Å². The fourth-order valence-electron chi connectivity index (χ4n) is 3.55. The van der Waals surface area contributed by atoms with Gasteiger partial charge in [0.15, 0.2) is 0 Å². The van der Waals surface area contributed by atoms with Crippen LogP contribution >= 0.6 is 11.6 Å². The topological polar surface area (TPSA) is 66.8 Å². The zero-order chi connectivity index (χ0) is 21.3. The highest BCUT2D eigenvalue weighted by molar-refractivity contribution is 6.51. The van der Waals surface area contributed by atoms with Crippen LogP contribution in [0, 0.1) is 0 Å². The molecule has 0 aromatic heterocycles. The first kappa shape index (κ1) is 19.7. The highest BCUT2D eigenvalue weighted by Crippen LogP contribution is 2.42. The van der Waals surface area contributed by atoms with E-state index in [1.54, 1.807) is 79.9 Å². The molecule has 30 heavy (non-hydrogen) atoms. The van der Waals surface area contributed by atoms with E-state index in [2.05, 4.69) is 0 Å². The van der Waals surface area contributed by atoms with Crippen LogP contribution in [0.5, 0.6) is 5.75 Å². The molecule has 1 N–H and O–H groups in total. The Morgan fingerprint density at radius 2 is 1.57 bits per heavy atom. The first-order valence-corrected chi connectivity index (χ1v) is 9.65. The van der Waals surface area contributed by atoms with E-state index in [1.165, 1.54) is 4.90 Å². The zero-order valence-corrected chi connectivity index (χ0v) is 16.8. The van der Waals surface area contributed by atoms with Crippen LogP contribution in [0.3, 0.4) is 0 Å². The summed E-state index contributed by atoms with van der Waals surface area (Å²) in [6.07, 6.45) is 0. The lowest BCUT2D eigenvalue weighted by molar-refractivity contribution is -0.132. The number of rotatable bonds is 4. The monoisotopic (exact) mass is 419 g/mol. The van der Waals surface area contributed by atoms with Crippen LogP contribution < -0.4 is 9.64 Å². The minimum absolute atomic E-state index is 0.0336. The molecule has 1 saturated heterocycles. The summed E-state index contributed by atoms with van der Waals surface area (Å²) in [5.41, 5.74) is 1.67. The molecule has 1 aliphatic heterocycles. The Morgan fingerprint density at radius 1 is 0.933 bits per heavy atom. The third-order valence-electron chi connectivity index (χ3n) is 5.03. The van der Waals surface area contributed by atoms with Gasteiger partial charge in [0, 0.05) is 16.3 Å². The van der Waals surface area contributed by atoms with Gasteiger partial charge in [-0.05, 0) is 42.0 Å². The standard InChI is InChI=1S/C24H18ClNO4/c1-30-19-13-7-15(8-14-19)21-20(22(27)16-5-3-2-4-6-16)23(28)24(29)26(21)18-11-9-17(25)10-12-18/h2-14,21,27H,1H3. The number of hydrogen-bond acceptors (Lipinski definition) is 4. The maximum Gasteiger partial charge on any atom is 0.300 e. The maximum atomic E-state index is 13.0. The number of ether oxygens (including phenoxy) is 1. The Bertz CT molecular complexity index is 1120. The van der Waals surface area contributed by atoms with Crippen molar-refractivity contribution in [3.05, 3.63) is 101 Å². The molecule has 0 bridgehead atoms. The number of ketones is 1. The summed E-state index contributed by atoms with van der Waals surface area (Å²) in [4.78, 5) is 27.4. The number of methoxy groups -OCH3 is 1. The van der Waals surface area contributed by atoms with Crippen molar-refractivity contribution >= 4 is 34.7 Å². The van der Waals surface area contributed by atoms with Crippen LogP contribution in [-0.2, 0) is 9.59 Å². The highest BCUT2D eigenvalue weighted by atomic mass is 35.5. The molecule has 6 heteroatoms. The highest BCUT2D eigenvalue weighted by Gasteiger charge is 2.46. The van der Waals surface area contributed by atoms with Gasteiger partial charge in [-0.15, -0.1) is 0 Å². The van der Waals surface area contributed by atoms with Gasteiger partial charge in [0.1, 0.15) is 11.5 Å². The summed E-state index contributed by atoms with van der Waals surface area (Å²) in [7, 11) is 1.56. The van der Waals surface area contributed by atoms with E-state index in [0.717, 1.165) is 0 Å². The van der Waals surface area contributed by atoms with Crippen LogP contribution in [0.2, 0.25) is 5.02 Å². The van der Waals surface area contributed by atoms with E-state index < -0.39 is 17.7 Å². The molecule has 0 saturated carbocycles. The number of carbonyl (C=O) groups excluding carboxylic acids is 2. The van der Waals surface area contributed by atoms with Crippen molar-refractivity contribution in [2.75, 3.05) is 12.0 Å². The quantitative estimate of drug-likeness (QED) is 0.368. The number of aliphatic hydroxyl groups excluding tert-OH is 1. The van der Waals surface area contributed by atoms with E-state index in [0.29, 0.717) is 27.6 Å². The predicted molar refractivity (Wildman–Crippen MR) is 116 cm³/mol. The van der Waals surface area contributed by atoms with Crippen LogP contribution in [-0.4, -0.2) is 23.9 Å². The van der Waals surface area contributed by atoms with Gasteiger partial charge in [0.2, 0.25) is 0 Å². The number of anilines is 1. The Labute approximate surface area is 178 Å². The summed E-state index contributed by atoms with van der Waals surface area (Å²) in [5, 5.41) is 11.5. The van der Waals surface area contributed by atoms with Crippen molar-refractivity contribution in [1.82, 2.24) is 0 Å². The summed E-state index contributed by atoms with van der Waals surface area (Å²) >= 11 is 6.00. The molecular weight excluding hydrogens is 402 g/mol. The van der Waals surface area contributed by atoms with Gasteiger partial charge in [0.25, 0.3) is 11.7 Å². The third kappa shape index (κ3) is 3.44. The van der Waals surface area contributed by atoms with Crippen LogP contribution in [0.4, 0.5) is 5.69 Å². The van der Waals surface area contributed by atoms with Crippen molar-refractivity contribution in [3.63, 3.8) is 0 Å². The fourth-order valence-corrected chi connectivity index (χ4v) is 3.68. The van der Waals surface area contributed by atoms with Crippen molar-refractivity contribution in [3.8, 4) is 5.75 Å². The molecule has 1 aliphatic rings. The second-order valence-electron chi connectivity index (χ2n) is 6.78. The van der Waals surface area contributed by atoms with Gasteiger partial charge in [-0.25, -0.2) is 0 Å². The number of amides is 1. The largest absolute Gasteiger partial charge is 0.507 e. The second kappa shape index (κ2) is 8.05. The lowest BCUT2D eigenvalue weighted by Crippen LogP contribution is -2.29. The van der Waals surface area contributed by atoms with E-state index in [4.69, 9.17) is 16.3 Å².